The molecule has 0 spiro atoms. The molecule has 3 heterocycles. The molecule has 0 amide bonds. The molecule has 0 bridgehead atoms. The van der Waals surface area contributed by atoms with Crippen molar-refractivity contribution in [1.82, 2.24) is 19.8 Å². The number of rotatable bonds is 4. The molecule has 2 fully saturated rings. The number of likely N-dealkylation sites (tertiary alicyclic amines) is 2. The van der Waals surface area contributed by atoms with Gasteiger partial charge in [0.05, 0.1) is 0 Å². The molecule has 0 aliphatic carbocycles. The van der Waals surface area contributed by atoms with E-state index in [1.807, 2.05) is 14.1 Å². The third-order valence-electron chi connectivity index (χ3n) is 5.14. The average molecular weight is 372 g/mol. The first kappa shape index (κ1) is 19.2. The molecule has 3 rings (SSSR count). The normalized spacial score (nSPS) is 21.7. The van der Waals surface area contributed by atoms with E-state index >= 15 is 0 Å². The van der Waals surface area contributed by atoms with E-state index in [2.05, 4.69) is 30.4 Å². The van der Waals surface area contributed by atoms with Crippen LogP contribution in [-0.2, 0) is 6.18 Å². The average Bonchev–Trinajstić information content (AvgIpc) is 2.58. The molecule has 0 radical (unpaired) electrons. The summed E-state index contributed by atoms with van der Waals surface area (Å²) in [5.41, 5.74) is -0.904. The van der Waals surface area contributed by atoms with Gasteiger partial charge in [-0.25, -0.2) is 4.98 Å². The van der Waals surface area contributed by atoms with Crippen molar-refractivity contribution in [2.75, 3.05) is 50.9 Å². The Labute approximate surface area is 152 Å². The number of alkyl halides is 3. The van der Waals surface area contributed by atoms with E-state index < -0.39 is 11.9 Å². The maximum atomic E-state index is 13.2. The van der Waals surface area contributed by atoms with Crippen LogP contribution in [0.2, 0.25) is 0 Å². The Morgan fingerprint density at radius 2 is 1.38 bits per heavy atom. The number of aromatic nitrogens is 2. The van der Waals surface area contributed by atoms with Gasteiger partial charge in [-0.1, -0.05) is 0 Å². The largest absolute Gasteiger partial charge is 0.433 e. The summed E-state index contributed by atoms with van der Waals surface area (Å²) in [4.78, 5) is 12.4. The molecule has 26 heavy (non-hydrogen) atoms. The molecule has 0 unspecified atom stereocenters. The van der Waals surface area contributed by atoms with Gasteiger partial charge in [0.1, 0.15) is 5.82 Å². The Hall–Kier alpha value is -1.61. The summed E-state index contributed by atoms with van der Waals surface area (Å²) >= 11 is 0. The number of piperidine rings is 2. The highest BCUT2D eigenvalue weighted by molar-refractivity contribution is 5.44. The van der Waals surface area contributed by atoms with Gasteiger partial charge in [0.2, 0.25) is 5.95 Å². The fourth-order valence-electron chi connectivity index (χ4n) is 3.43. The highest BCUT2D eigenvalue weighted by Gasteiger charge is 2.34. The number of nitrogens with zero attached hydrogens (tertiary/aromatic N) is 4. The van der Waals surface area contributed by atoms with Crippen molar-refractivity contribution in [3.8, 4) is 0 Å². The lowest BCUT2D eigenvalue weighted by Gasteiger charge is -2.31. The van der Waals surface area contributed by atoms with E-state index in [0.29, 0.717) is 0 Å². The third kappa shape index (κ3) is 5.20. The van der Waals surface area contributed by atoms with Crippen LogP contribution in [0.4, 0.5) is 24.9 Å². The topological polar surface area (TPSA) is 56.3 Å². The molecule has 1 aromatic rings. The van der Waals surface area contributed by atoms with Crippen molar-refractivity contribution in [3.63, 3.8) is 0 Å². The van der Waals surface area contributed by atoms with Crippen LogP contribution in [0.25, 0.3) is 0 Å². The van der Waals surface area contributed by atoms with Gasteiger partial charge in [-0.05, 0) is 66.0 Å². The number of hydrogen-bond acceptors (Lipinski definition) is 6. The van der Waals surface area contributed by atoms with Gasteiger partial charge in [-0.15, -0.1) is 0 Å². The maximum Gasteiger partial charge on any atom is 0.433 e. The molecule has 2 aliphatic heterocycles. The van der Waals surface area contributed by atoms with Gasteiger partial charge >= 0.3 is 6.18 Å². The van der Waals surface area contributed by atoms with E-state index in [9.17, 15) is 13.2 Å². The highest BCUT2D eigenvalue weighted by atomic mass is 19.4. The Balaban J connectivity index is 1.73. The highest BCUT2D eigenvalue weighted by Crippen LogP contribution is 2.30. The zero-order valence-corrected chi connectivity index (χ0v) is 15.3. The van der Waals surface area contributed by atoms with Crippen LogP contribution in [-0.4, -0.2) is 72.1 Å². The first-order valence-electron chi connectivity index (χ1n) is 9.16. The molecule has 9 heteroatoms. The molecule has 0 saturated carbocycles. The Bertz CT molecular complexity index is 550. The SMILES string of the molecule is CN1CCC(Nc2cc(C(F)(F)F)nc(NC3CCN(C)CC3)n2)CC1. The van der Waals surface area contributed by atoms with Crippen molar-refractivity contribution in [2.45, 2.75) is 43.9 Å². The van der Waals surface area contributed by atoms with Gasteiger partial charge in [0.25, 0.3) is 0 Å². The standard InChI is InChI=1S/C17H27F3N6/c1-25-7-3-12(4-8-25)21-15-11-14(17(18,19)20)23-16(24-15)22-13-5-9-26(2)10-6-13/h11-13H,3-10H2,1-2H3,(H2,21,22,23,24). The van der Waals surface area contributed by atoms with Crippen molar-refractivity contribution < 1.29 is 13.2 Å². The predicted octanol–water partition coefficient (Wildman–Crippen LogP) is 2.51. The zero-order chi connectivity index (χ0) is 18.7. The molecule has 0 aromatic carbocycles. The van der Waals surface area contributed by atoms with Crippen molar-refractivity contribution >= 4 is 11.8 Å². The smallest absolute Gasteiger partial charge is 0.367 e. The number of nitrogens with one attached hydrogen (secondary N) is 2. The van der Waals surface area contributed by atoms with Crippen LogP contribution < -0.4 is 10.6 Å². The van der Waals surface area contributed by atoms with Crippen molar-refractivity contribution in [3.05, 3.63) is 11.8 Å². The number of halogens is 3. The lowest BCUT2D eigenvalue weighted by Crippen LogP contribution is -2.38. The lowest BCUT2D eigenvalue weighted by molar-refractivity contribution is -0.141. The first-order valence-corrected chi connectivity index (χ1v) is 9.16. The van der Waals surface area contributed by atoms with Gasteiger partial charge in [0.15, 0.2) is 5.69 Å². The number of anilines is 2. The third-order valence-corrected chi connectivity index (χ3v) is 5.14. The molecule has 2 N–H and O–H groups in total. The summed E-state index contributed by atoms with van der Waals surface area (Å²) in [6.07, 6.45) is -0.976. The summed E-state index contributed by atoms with van der Waals surface area (Å²) in [5, 5.41) is 6.27. The second kappa shape index (κ2) is 7.96. The van der Waals surface area contributed by atoms with Crippen LogP contribution in [0.1, 0.15) is 31.4 Å². The molecular weight excluding hydrogens is 345 g/mol. The van der Waals surface area contributed by atoms with Crippen LogP contribution in [0, 0.1) is 0 Å². The van der Waals surface area contributed by atoms with Crippen LogP contribution in [0.5, 0.6) is 0 Å². The molecule has 6 nitrogen and oxygen atoms in total. The maximum absolute atomic E-state index is 13.2. The van der Waals surface area contributed by atoms with E-state index in [1.54, 1.807) is 0 Å². The zero-order valence-electron chi connectivity index (χ0n) is 15.3. The molecule has 2 aliphatic rings. The Kier molecular flexibility index (Phi) is 5.86. The van der Waals surface area contributed by atoms with Gasteiger partial charge in [-0.3, -0.25) is 0 Å². The molecule has 1 aromatic heterocycles. The van der Waals surface area contributed by atoms with E-state index in [-0.39, 0.29) is 23.8 Å². The van der Waals surface area contributed by atoms with Gasteiger partial charge < -0.3 is 20.4 Å². The second-order valence-corrected chi connectivity index (χ2v) is 7.40. The van der Waals surface area contributed by atoms with E-state index in [4.69, 9.17) is 0 Å². The summed E-state index contributed by atoms with van der Waals surface area (Å²) in [6, 6.07) is 1.25. The van der Waals surface area contributed by atoms with Crippen molar-refractivity contribution in [2.24, 2.45) is 0 Å². The van der Waals surface area contributed by atoms with Crippen LogP contribution in [0.3, 0.4) is 0 Å². The predicted molar refractivity (Wildman–Crippen MR) is 95.3 cm³/mol. The van der Waals surface area contributed by atoms with Crippen LogP contribution >= 0.6 is 0 Å². The lowest BCUT2D eigenvalue weighted by atomic mass is 10.1. The van der Waals surface area contributed by atoms with E-state index in [0.717, 1.165) is 57.9 Å². The minimum absolute atomic E-state index is 0.0600. The number of hydrogen-bond donors (Lipinski definition) is 2. The summed E-state index contributed by atoms with van der Waals surface area (Å²) in [6.45, 7) is 3.68. The summed E-state index contributed by atoms with van der Waals surface area (Å²) in [7, 11) is 4.09. The van der Waals surface area contributed by atoms with Gasteiger partial charge in [0, 0.05) is 18.2 Å². The Morgan fingerprint density at radius 3 is 1.88 bits per heavy atom. The monoisotopic (exact) mass is 372 g/mol. The summed E-state index contributed by atoms with van der Waals surface area (Å²) < 4.78 is 39.7. The fourth-order valence-corrected chi connectivity index (χ4v) is 3.43. The van der Waals surface area contributed by atoms with E-state index in [1.165, 1.54) is 0 Å². The Morgan fingerprint density at radius 1 is 0.885 bits per heavy atom. The quantitative estimate of drug-likeness (QED) is 0.847. The minimum atomic E-state index is -4.49. The summed E-state index contributed by atoms with van der Waals surface area (Å²) in [5.74, 6) is 0.308. The van der Waals surface area contributed by atoms with Crippen LogP contribution in [0.15, 0.2) is 6.07 Å². The molecular formula is C17H27F3N6. The fraction of sp³-hybridized carbons (Fsp3) is 0.765. The first-order chi connectivity index (χ1) is 12.3. The van der Waals surface area contributed by atoms with Gasteiger partial charge in [-0.2, -0.15) is 18.2 Å². The molecule has 0 atom stereocenters. The minimum Gasteiger partial charge on any atom is -0.367 e. The molecule has 2 saturated heterocycles. The van der Waals surface area contributed by atoms with Crippen molar-refractivity contribution in [1.29, 1.82) is 0 Å². The molecule has 146 valence electrons. The second-order valence-electron chi connectivity index (χ2n) is 7.40.